The Morgan fingerprint density at radius 3 is 2.50 bits per heavy atom. The van der Waals surface area contributed by atoms with Crippen LogP contribution < -0.4 is 9.47 Å². The standard InChI is InChI=1S/C24H18O4/c1-15-7-6-8-17(13-15)14-21-22(25)19-11-12-20(16(2)23(19)27-21)28-24(26)18-9-4-3-5-10-18/h3-14H,1-2H3/b21-14-. The summed E-state index contributed by atoms with van der Waals surface area (Å²) < 4.78 is 11.4. The second kappa shape index (κ2) is 7.16. The number of carbonyl (C=O) groups excluding carboxylic acids is 2. The number of hydrogen-bond donors (Lipinski definition) is 0. The first-order valence-electron chi connectivity index (χ1n) is 8.94. The molecule has 0 N–H and O–H groups in total. The largest absolute Gasteiger partial charge is 0.452 e. The molecule has 3 aromatic rings. The molecule has 4 nitrogen and oxygen atoms in total. The Kier molecular flexibility index (Phi) is 4.53. The van der Waals surface area contributed by atoms with Gasteiger partial charge in [-0.05, 0) is 49.8 Å². The average Bonchev–Trinajstić information content (AvgIpc) is 3.01. The van der Waals surface area contributed by atoms with Gasteiger partial charge in [0.1, 0.15) is 11.5 Å². The zero-order chi connectivity index (χ0) is 19.7. The summed E-state index contributed by atoms with van der Waals surface area (Å²) in [7, 11) is 0. The van der Waals surface area contributed by atoms with Crippen LogP contribution in [0.2, 0.25) is 0 Å². The minimum atomic E-state index is -0.455. The highest BCUT2D eigenvalue weighted by molar-refractivity contribution is 6.15. The molecule has 0 saturated heterocycles. The highest BCUT2D eigenvalue weighted by Gasteiger charge is 2.30. The molecule has 0 radical (unpaired) electrons. The number of Topliss-reactive ketones (excluding diaryl/α,β-unsaturated/α-hetero) is 1. The molecule has 1 aliphatic heterocycles. The van der Waals surface area contributed by atoms with Crippen LogP contribution in [0.1, 0.15) is 37.4 Å². The lowest BCUT2D eigenvalue weighted by atomic mass is 10.1. The number of aryl methyl sites for hydroxylation is 1. The third-order valence-electron chi connectivity index (χ3n) is 4.59. The van der Waals surface area contributed by atoms with Gasteiger partial charge in [0, 0.05) is 5.56 Å². The molecule has 0 saturated carbocycles. The molecule has 0 unspecified atom stereocenters. The van der Waals surface area contributed by atoms with E-state index in [0.717, 1.165) is 11.1 Å². The van der Waals surface area contributed by atoms with Crippen LogP contribution in [0.15, 0.2) is 72.5 Å². The second-order valence-corrected chi connectivity index (χ2v) is 6.67. The number of allylic oxidation sites excluding steroid dienone is 1. The summed E-state index contributed by atoms with van der Waals surface area (Å²) in [6, 6.07) is 19.8. The Hall–Kier alpha value is -3.66. The maximum Gasteiger partial charge on any atom is 0.343 e. The van der Waals surface area contributed by atoms with Crippen molar-refractivity contribution < 1.29 is 19.1 Å². The Morgan fingerprint density at radius 2 is 1.75 bits per heavy atom. The average molecular weight is 370 g/mol. The monoisotopic (exact) mass is 370 g/mol. The van der Waals surface area contributed by atoms with Gasteiger partial charge in [-0.3, -0.25) is 4.79 Å². The van der Waals surface area contributed by atoms with Crippen molar-refractivity contribution >= 4 is 17.8 Å². The summed E-state index contributed by atoms with van der Waals surface area (Å²) in [5.41, 5.74) is 3.53. The van der Waals surface area contributed by atoms with Crippen molar-refractivity contribution in [2.24, 2.45) is 0 Å². The van der Waals surface area contributed by atoms with Gasteiger partial charge >= 0.3 is 5.97 Å². The third kappa shape index (κ3) is 3.32. The molecule has 4 rings (SSSR count). The molecule has 0 fully saturated rings. The molecule has 0 spiro atoms. The van der Waals surface area contributed by atoms with Gasteiger partial charge in [-0.2, -0.15) is 0 Å². The van der Waals surface area contributed by atoms with Gasteiger partial charge in [-0.1, -0.05) is 48.0 Å². The van der Waals surface area contributed by atoms with Crippen LogP contribution >= 0.6 is 0 Å². The van der Waals surface area contributed by atoms with E-state index in [4.69, 9.17) is 9.47 Å². The number of ketones is 1. The summed E-state index contributed by atoms with van der Waals surface area (Å²) >= 11 is 0. The van der Waals surface area contributed by atoms with Gasteiger partial charge in [-0.25, -0.2) is 4.79 Å². The van der Waals surface area contributed by atoms with Crippen LogP contribution in [0.25, 0.3) is 6.08 Å². The molecule has 28 heavy (non-hydrogen) atoms. The van der Waals surface area contributed by atoms with Crippen LogP contribution in [0.4, 0.5) is 0 Å². The molecule has 1 aliphatic rings. The van der Waals surface area contributed by atoms with E-state index in [9.17, 15) is 9.59 Å². The lowest BCUT2D eigenvalue weighted by Crippen LogP contribution is -2.09. The molecule has 3 aromatic carbocycles. The van der Waals surface area contributed by atoms with Crippen LogP contribution in [0, 0.1) is 13.8 Å². The molecular weight excluding hydrogens is 352 g/mol. The number of hydrogen-bond acceptors (Lipinski definition) is 4. The van der Waals surface area contributed by atoms with Gasteiger partial charge in [-0.15, -0.1) is 0 Å². The van der Waals surface area contributed by atoms with Crippen molar-refractivity contribution in [2.45, 2.75) is 13.8 Å². The van der Waals surface area contributed by atoms with Crippen molar-refractivity contribution in [3.8, 4) is 11.5 Å². The highest BCUT2D eigenvalue weighted by Crippen LogP contribution is 2.39. The third-order valence-corrected chi connectivity index (χ3v) is 4.59. The molecule has 138 valence electrons. The Labute approximate surface area is 163 Å². The maximum atomic E-state index is 12.7. The smallest absolute Gasteiger partial charge is 0.343 e. The predicted molar refractivity (Wildman–Crippen MR) is 107 cm³/mol. The van der Waals surface area contributed by atoms with Crippen LogP contribution in [0.3, 0.4) is 0 Å². The van der Waals surface area contributed by atoms with Crippen molar-refractivity contribution in [3.05, 3.63) is 100 Å². The summed E-state index contributed by atoms with van der Waals surface area (Å²) in [6.45, 7) is 3.76. The van der Waals surface area contributed by atoms with E-state index >= 15 is 0 Å². The first kappa shape index (κ1) is 17.7. The van der Waals surface area contributed by atoms with E-state index in [0.29, 0.717) is 28.2 Å². The highest BCUT2D eigenvalue weighted by atomic mass is 16.5. The number of benzene rings is 3. The van der Waals surface area contributed by atoms with Crippen molar-refractivity contribution in [3.63, 3.8) is 0 Å². The fourth-order valence-electron chi connectivity index (χ4n) is 3.12. The van der Waals surface area contributed by atoms with Gasteiger partial charge in [0.15, 0.2) is 5.76 Å². The van der Waals surface area contributed by atoms with Gasteiger partial charge in [0.05, 0.1) is 11.1 Å². The van der Waals surface area contributed by atoms with E-state index < -0.39 is 5.97 Å². The van der Waals surface area contributed by atoms with Gasteiger partial charge in [0.25, 0.3) is 0 Å². The first-order valence-corrected chi connectivity index (χ1v) is 8.94. The first-order chi connectivity index (χ1) is 13.5. The van der Waals surface area contributed by atoms with Crippen molar-refractivity contribution in [1.82, 2.24) is 0 Å². The molecule has 1 heterocycles. The van der Waals surface area contributed by atoms with Crippen LogP contribution in [-0.4, -0.2) is 11.8 Å². The quantitative estimate of drug-likeness (QED) is 0.364. The molecule has 0 bridgehead atoms. The van der Waals surface area contributed by atoms with Crippen molar-refractivity contribution in [2.75, 3.05) is 0 Å². The fourth-order valence-corrected chi connectivity index (χ4v) is 3.12. The number of ether oxygens (including phenoxy) is 2. The predicted octanol–water partition coefficient (Wildman–Crippen LogP) is 5.14. The normalized spacial score (nSPS) is 13.9. The molecule has 4 heteroatoms. The molecule has 0 aromatic heterocycles. The minimum Gasteiger partial charge on any atom is -0.452 e. The van der Waals surface area contributed by atoms with Gasteiger partial charge in [0.2, 0.25) is 5.78 Å². The maximum absolute atomic E-state index is 12.7. The minimum absolute atomic E-state index is 0.180. The summed E-state index contributed by atoms with van der Waals surface area (Å²) in [5, 5.41) is 0. The summed E-state index contributed by atoms with van der Waals surface area (Å²) in [6.07, 6.45) is 1.73. The molecular formula is C24H18O4. The number of rotatable bonds is 3. The molecule has 0 amide bonds. The van der Waals surface area contributed by atoms with Crippen molar-refractivity contribution in [1.29, 1.82) is 0 Å². The van der Waals surface area contributed by atoms with Gasteiger partial charge < -0.3 is 9.47 Å². The Balaban J connectivity index is 1.63. The number of esters is 1. The Bertz CT molecular complexity index is 1110. The van der Waals surface area contributed by atoms with Crippen LogP contribution in [-0.2, 0) is 0 Å². The summed E-state index contributed by atoms with van der Waals surface area (Å²) in [5.74, 6) is 0.429. The SMILES string of the molecule is Cc1cccc(/C=C2\Oc3c(ccc(OC(=O)c4ccccc4)c3C)C2=O)c1. The number of fused-ring (bicyclic) bond motifs is 1. The fraction of sp³-hybridized carbons (Fsp3) is 0.0833. The summed E-state index contributed by atoms with van der Waals surface area (Å²) in [4.78, 5) is 25.0. The lowest BCUT2D eigenvalue weighted by Gasteiger charge is -2.10. The van der Waals surface area contributed by atoms with Crippen LogP contribution in [0.5, 0.6) is 11.5 Å². The number of carbonyl (C=O) groups is 2. The van der Waals surface area contributed by atoms with E-state index in [2.05, 4.69) is 0 Å². The van der Waals surface area contributed by atoms with E-state index in [1.165, 1.54) is 0 Å². The Morgan fingerprint density at radius 1 is 0.964 bits per heavy atom. The topological polar surface area (TPSA) is 52.6 Å². The molecule has 0 aliphatic carbocycles. The van der Waals surface area contributed by atoms with E-state index in [-0.39, 0.29) is 11.5 Å². The van der Waals surface area contributed by atoms with E-state index in [1.54, 1.807) is 49.4 Å². The zero-order valence-corrected chi connectivity index (χ0v) is 15.6. The zero-order valence-electron chi connectivity index (χ0n) is 15.6. The molecule has 0 atom stereocenters. The second-order valence-electron chi connectivity index (χ2n) is 6.67. The van der Waals surface area contributed by atoms with E-state index in [1.807, 2.05) is 37.3 Å². The lowest BCUT2D eigenvalue weighted by molar-refractivity contribution is 0.0733.